The maximum atomic E-state index is 13.1. The number of phenolic OH excluding ortho intramolecular Hbond substituents is 1. The van der Waals surface area contributed by atoms with Crippen LogP contribution in [0.15, 0.2) is 39.7 Å². The van der Waals surface area contributed by atoms with Gasteiger partial charge >= 0.3 is 0 Å². The molecule has 1 aromatic heterocycles. The van der Waals surface area contributed by atoms with E-state index in [4.69, 9.17) is 23.2 Å². The zero-order valence-corrected chi connectivity index (χ0v) is 16.6. The van der Waals surface area contributed by atoms with Crippen molar-refractivity contribution in [3.63, 3.8) is 0 Å². The van der Waals surface area contributed by atoms with Crippen LogP contribution in [0.25, 0.3) is 10.9 Å². The van der Waals surface area contributed by atoms with E-state index in [0.717, 1.165) is 5.56 Å². The average Bonchev–Trinajstić information content (AvgIpc) is 2.78. The molecule has 3 aromatic rings. The Kier molecular flexibility index (Phi) is 4.36. The van der Waals surface area contributed by atoms with Gasteiger partial charge in [0.05, 0.1) is 10.5 Å². The molecule has 0 fully saturated rings. The zero-order valence-electron chi connectivity index (χ0n) is 12.6. The highest BCUT2D eigenvalue weighted by Gasteiger charge is 2.26. The van der Waals surface area contributed by atoms with Crippen LogP contribution >= 0.6 is 39.1 Å². The number of hydrogen-bond acceptors (Lipinski definition) is 3. The van der Waals surface area contributed by atoms with Crippen LogP contribution in [0.4, 0.5) is 0 Å². The molecule has 0 saturated carbocycles. The van der Waals surface area contributed by atoms with Crippen LogP contribution in [0.1, 0.15) is 11.3 Å². The van der Waals surface area contributed by atoms with E-state index in [1.54, 1.807) is 32.0 Å². The molecule has 0 amide bonds. The van der Waals surface area contributed by atoms with Crippen molar-refractivity contribution < 1.29 is 13.5 Å². The Hall–Kier alpha value is -1.21. The maximum Gasteiger partial charge on any atom is 0.272 e. The molecule has 3 rings (SSSR count). The third kappa shape index (κ3) is 2.71. The molecular weight excluding hydrogens is 437 g/mol. The number of hydrogen-bond donors (Lipinski definition) is 1. The zero-order chi connectivity index (χ0) is 17.8. The Morgan fingerprint density at radius 3 is 2.38 bits per heavy atom. The summed E-state index contributed by atoms with van der Waals surface area (Å²) >= 11 is 15.2. The SMILES string of the molecule is Cc1cc2c(cc1Cl)cc(C)n2S(=O)(=O)c1cc(Br)cc(Cl)c1O. The quantitative estimate of drug-likeness (QED) is 0.580. The van der Waals surface area contributed by atoms with E-state index in [1.807, 2.05) is 0 Å². The lowest BCUT2D eigenvalue weighted by molar-refractivity contribution is 0.458. The highest BCUT2D eigenvalue weighted by Crippen LogP contribution is 2.37. The molecule has 0 bridgehead atoms. The third-order valence-electron chi connectivity index (χ3n) is 3.72. The molecule has 0 spiro atoms. The summed E-state index contributed by atoms with van der Waals surface area (Å²) in [7, 11) is -4.05. The number of rotatable bonds is 2. The van der Waals surface area contributed by atoms with Crippen LogP contribution in [0.3, 0.4) is 0 Å². The van der Waals surface area contributed by atoms with Gasteiger partial charge in [0, 0.05) is 20.6 Å². The van der Waals surface area contributed by atoms with Crippen molar-refractivity contribution in [1.82, 2.24) is 3.97 Å². The first kappa shape index (κ1) is 17.6. The minimum absolute atomic E-state index is 0.0451. The number of benzene rings is 2. The highest BCUT2D eigenvalue weighted by atomic mass is 79.9. The Bertz CT molecular complexity index is 1090. The van der Waals surface area contributed by atoms with E-state index in [9.17, 15) is 13.5 Å². The fraction of sp³-hybridized carbons (Fsp3) is 0.125. The van der Waals surface area contributed by atoms with Gasteiger partial charge in [-0.3, -0.25) is 0 Å². The Morgan fingerprint density at radius 2 is 1.71 bits per heavy atom. The topological polar surface area (TPSA) is 59.3 Å². The summed E-state index contributed by atoms with van der Waals surface area (Å²) < 4.78 is 27.9. The number of halogens is 3. The van der Waals surface area contributed by atoms with E-state index in [2.05, 4.69) is 15.9 Å². The van der Waals surface area contributed by atoms with Crippen LogP contribution in [0, 0.1) is 13.8 Å². The summed E-state index contributed by atoms with van der Waals surface area (Å²) in [6.45, 7) is 3.48. The standard InChI is InChI=1S/C16H12BrCl2NO3S/c1-8-3-14-10(5-12(8)18)4-9(2)20(14)24(22,23)15-7-11(17)6-13(19)16(15)21/h3-7,21H,1-2H3. The molecule has 1 heterocycles. The van der Waals surface area contributed by atoms with Crippen LogP contribution in [-0.2, 0) is 10.0 Å². The van der Waals surface area contributed by atoms with Crippen LogP contribution < -0.4 is 0 Å². The fourth-order valence-electron chi connectivity index (χ4n) is 2.60. The highest BCUT2D eigenvalue weighted by molar-refractivity contribution is 9.10. The summed E-state index contributed by atoms with van der Waals surface area (Å²) in [4.78, 5) is -0.268. The molecule has 0 aliphatic rings. The number of aromatic hydroxyl groups is 1. The second-order valence-electron chi connectivity index (χ2n) is 5.45. The van der Waals surface area contributed by atoms with Gasteiger partial charge in [-0.15, -0.1) is 0 Å². The molecule has 126 valence electrons. The number of nitrogens with zero attached hydrogens (tertiary/aromatic N) is 1. The summed E-state index contributed by atoms with van der Waals surface area (Å²) in [6, 6.07) is 7.91. The van der Waals surface area contributed by atoms with Gasteiger partial charge in [-0.05, 0) is 49.7 Å². The molecule has 0 atom stereocenters. The monoisotopic (exact) mass is 447 g/mol. The third-order valence-corrected chi connectivity index (χ3v) is 6.71. The Balaban J connectivity index is 2.39. The van der Waals surface area contributed by atoms with Gasteiger partial charge in [-0.25, -0.2) is 12.4 Å². The fourth-order valence-corrected chi connectivity index (χ4v) is 5.47. The van der Waals surface area contributed by atoms with E-state index in [1.165, 1.54) is 16.1 Å². The summed E-state index contributed by atoms with van der Waals surface area (Å²) in [5.41, 5.74) is 1.75. The normalized spacial score (nSPS) is 12.0. The summed E-state index contributed by atoms with van der Waals surface area (Å²) in [5, 5.41) is 11.4. The number of phenols is 1. The van der Waals surface area contributed by atoms with Crippen molar-refractivity contribution in [2.24, 2.45) is 0 Å². The summed E-state index contributed by atoms with van der Waals surface area (Å²) in [6.07, 6.45) is 0. The molecule has 1 N–H and O–H groups in total. The molecule has 0 radical (unpaired) electrons. The molecule has 0 aliphatic carbocycles. The smallest absolute Gasteiger partial charge is 0.272 e. The van der Waals surface area contributed by atoms with E-state index < -0.39 is 15.8 Å². The lowest BCUT2D eigenvalue weighted by Crippen LogP contribution is -2.14. The average molecular weight is 449 g/mol. The molecule has 0 saturated heterocycles. The van der Waals surface area contributed by atoms with Gasteiger partial charge in [0.25, 0.3) is 10.0 Å². The number of fused-ring (bicyclic) bond motifs is 1. The van der Waals surface area contributed by atoms with Crippen molar-refractivity contribution in [2.75, 3.05) is 0 Å². The van der Waals surface area contributed by atoms with Crippen molar-refractivity contribution in [3.05, 3.63) is 56.1 Å². The van der Waals surface area contributed by atoms with Gasteiger partial charge in [-0.1, -0.05) is 39.1 Å². The van der Waals surface area contributed by atoms with Gasteiger partial charge in [0.1, 0.15) is 4.90 Å². The lowest BCUT2D eigenvalue weighted by atomic mass is 10.2. The van der Waals surface area contributed by atoms with Crippen molar-refractivity contribution in [1.29, 1.82) is 0 Å². The van der Waals surface area contributed by atoms with Crippen LogP contribution in [0.5, 0.6) is 5.75 Å². The minimum atomic E-state index is -4.05. The van der Waals surface area contributed by atoms with Crippen molar-refractivity contribution >= 4 is 60.1 Å². The van der Waals surface area contributed by atoms with Crippen molar-refractivity contribution in [3.8, 4) is 5.75 Å². The predicted molar refractivity (Wildman–Crippen MR) is 99.8 cm³/mol. The largest absolute Gasteiger partial charge is 0.505 e. The van der Waals surface area contributed by atoms with Gasteiger partial charge in [0.15, 0.2) is 5.75 Å². The van der Waals surface area contributed by atoms with E-state index in [-0.39, 0.29) is 9.92 Å². The first-order valence-electron chi connectivity index (χ1n) is 6.84. The first-order chi connectivity index (χ1) is 11.1. The maximum absolute atomic E-state index is 13.1. The van der Waals surface area contributed by atoms with Crippen LogP contribution in [-0.4, -0.2) is 17.5 Å². The minimum Gasteiger partial charge on any atom is -0.505 e. The molecule has 0 unspecified atom stereocenters. The molecule has 0 aliphatic heterocycles. The molecule has 4 nitrogen and oxygen atoms in total. The Labute approximate surface area is 157 Å². The predicted octanol–water partition coefficient (Wildman–Crippen LogP) is 5.27. The number of aromatic nitrogens is 1. The lowest BCUT2D eigenvalue weighted by Gasteiger charge is -2.13. The van der Waals surface area contributed by atoms with E-state index in [0.29, 0.717) is 26.1 Å². The second-order valence-corrected chi connectivity index (χ2v) is 8.93. The summed E-state index contributed by atoms with van der Waals surface area (Å²) in [5.74, 6) is -0.480. The van der Waals surface area contributed by atoms with Gasteiger partial charge in [0.2, 0.25) is 0 Å². The second kappa shape index (κ2) is 5.95. The first-order valence-corrected chi connectivity index (χ1v) is 9.83. The van der Waals surface area contributed by atoms with Crippen LogP contribution in [0.2, 0.25) is 10.0 Å². The van der Waals surface area contributed by atoms with Crippen molar-refractivity contribution in [2.45, 2.75) is 18.7 Å². The van der Waals surface area contributed by atoms with Gasteiger partial charge < -0.3 is 5.11 Å². The van der Waals surface area contributed by atoms with E-state index >= 15 is 0 Å². The Morgan fingerprint density at radius 1 is 1.04 bits per heavy atom. The molecular formula is C16H12BrCl2NO3S. The molecule has 2 aromatic carbocycles. The molecule has 8 heteroatoms. The van der Waals surface area contributed by atoms with Gasteiger partial charge in [-0.2, -0.15) is 0 Å². The number of aryl methyl sites for hydroxylation is 2. The molecule has 24 heavy (non-hydrogen) atoms.